The fourth-order valence-corrected chi connectivity index (χ4v) is 3.05. The number of nitrogens with one attached hydrogen (secondary N) is 1. The average Bonchev–Trinajstić information content (AvgIpc) is 3.03. The highest BCUT2D eigenvalue weighted by molar-refractivity contribution is 6.42. The summed E-state index contributed by atoms with van der Waals surface area (Å²) >= 11 is 11.9. The molecular weight excluding hydrogens is 447 g/mol. The van der Waals surface area contributed by atoms with Crippen LogP contribution in [0.15, 0.2) is 42.0 Å². The lowest BCUT2D eigenvalue weighted by Crippen LogP contribution is -2.35. The Hall–Kier alpha value is -3.23. The molecule has 2 amide bonds. The first kappa shape index (κ1) is 22.5. The van der Waals surface area contributed by atoms with Crippen LogP contribution in [0.2, 0.25) is 10.0 Å². The number of nitrogens with zero attached hydrogens (tertiary/aromatic N) is 1. The van der Waals surface area contributed by atoms with Gasteiger partial charge in [-0.25, -0.2) is 9.80 Å². The van der Waals surface area contributed by atoms with E-state index in [2.05, 4.69) is 5.43 Å². The molecule has 31 heavy (non-hydrogen) atoms. The summed E-state index contributed by atoms with van der Waals surface area (Å²) in [5.74, 6) is -0.989. The Bertz CT molecular complexity index is 1070. The molecule has 2 aromatic carbocycles. The van der Waals surface area contributed by atoms with E-state index in [0.29, 0.717) is 27.8 Å². The summed E-state index contributed by atoms with van der Waals surface area (Å²) < 4.78 is 15.5. The highest BCUT2D eigenvalue weighted by atomic mass is 35.5. The van der Waals surface area contributed by atoms with Crippen LogP contribution in [0.5, 0.6) is 11.5 Å². The Labute approximate surface area is 188 Å². The largest absolute Gasteiger partial charge is 0.493 e. The Morgan fingerprint density at radius 1 is 1.10 bits per heavy atom. The van der Waals surface area contributed by atoms with Crippen LogP contribution >= 0.6 is 23.2 Å². The standard InChI is InChI=1S/C21H18Cl2N2O6/c1-3-30-19(26)11-31-17-7-4-12(9-18(17)29-2)8-14-20(27)24-25(21(14)28)13-5-6-15(22)16(23)10-13/h4-10H,3,11H2,1-2H3,(H,24,27)/b14-8+. The summed E-state index contributed by atoms with van der Waals surface area (Å²) in [5.41, 5.74) is 3.31. The van der Waals surface area contributed by atoms with Gasteiger partial charge in [-0.1, -0.05) is 29.3 Å². The fourth-order valence-electron chi connectivity index (χ4n) is 2.76. The van der Waals surface area contributed by atoms with Crippen molar-refractivity contribution < 1.29 is 28.6 Å². The summed E-state index contributed by atoms with van der Waals surface area (Å²) in [6.45, 7) is 1.68. The third-order valence-electron chi connectivity index (χ3n) is 4.20. The molecule has 0 spiro atoms. The first-order valence-electron chi connectivity index (χ1n) is 9.12. The van der Waals surface area contributed by atoms with E-state index in [1.807, 2.05) is 0 Å². The minimum Gasteiger partial charge on any atom is -0.493 e. The van der Waals surface area contributed by atoms with E-state index in [4.69, 9.17) is 37.4 Å². The first-order valence-corrected chi connectivity index (χ1v) is 9.88. The number of esters is 1. The topological polar surface area (TPSA) is 94.2 Å². The summed E-state index contributed by atoms with van der Waals surface area (Å²) in [4.78, 5) is 36.6. The molecule has 2 aromatic rings. The lowest BCUT2D eigenvalue weighted by Gasteiger charge is -2.15. The lowest BCUT2D eigenvalue weighted by molar-refractivity contribution is -0.145. The number of carbonyl (C=O) groups is 3. The van der Waals surface area contributed by atoms with Crippen LogP contribution in [-0.4, -0.2) is 38.1 Å². The van der Waals surface area contributed by atoms with E-state index in [0.717, 1.165) is 5.01 Å². The van der Waals surface area contributed by atoms with Crippen LogP contribution in [0.25, 0.3) is 6.08 Å². The van der Waals surface area contributed by atoms with Gasteiger partial charge in [0.25, 0.3) is 11.8 Å². The summed E-state index contributed by atoms with van der Waals surface area (Å²) in [5, 5.41) is 1.67. The van der Waals surface area contributed by atoms with Gasteiger partial charge in [0.15, 0.2) is 18.1 Å². The number of amides is 2. The van der Waals surface area contributed by atoms with Crippen LogP contribution in [0.4, 0.5) is 5.69 Å². The number of ether oxygens (including phenoxy) is 3. The molecule has 1 aliphatic heterocycles. The number of benzene rings is 2. The molecule has 0 aromatic heterocycles. The highest BCUT2D eigenvalue weighted by Gasteiger charge is 2.34. The number of hydrogen-bond donors (Lipinski definition) is 1. The average molecular weight is 465 g/mol. The lowest BCUT2D eigenvalue weighted by atomic mass is 10.1. The third kappa shape index (κ3) is 5.10. The van der Waals surface area contributed by atoms with Crippen LogP contribution in [0, 0.1) is 0 Å². The number of hydrogen-bond acceptors (Lipinski definition) is 6. The Kier molecular flexibility index (Phi) is 7.04. The minimum absolute atomic E-state index is 0.0756. The van der Waals surface area contributed by atoms with Gasteiger partial charge in [0, 0.05) is 0 Å². The first-order chi connectivity index (χ1) is 14.8. The second-order valence-electron chi connectivity index (χ2n) is 6.24. The Morgan fingerprint density at radius 3 is 2.55 bits per heavy atom. The van der Waals surface area contributed by atoms with Gasteiger partial charge in [-0.05, 0) is 48.9 Å². The van der Waals surface area contributed by atoms with Gasteiger partial charge in [-0.15, -0.1) is 0 Å². The van der Waals surface area contributed by atoms with E-state index in [9.17, 15) is 14.4 Å². The predicted octanol–water partition coefficient (Wildman–Crippen LogP) is 3.41. The molecule has 10 heteroatoms. The molecule has 1 fully saturated rings. The zero-order valence-corrected chi connectivity index (χ0v) is 18.1. The number of hydrazine groups is 1. The van der Waals surface area contributed by atoms with Crippen molar-refractivity contribution in [3.63, 3.8) is 0 Å². The van der Waals surface area contributed by atoms with Crippen molar-refractivity contribution in [2.75, 3.05) is 25.3 Å². The van der Waals surface area contributed by atoms with E-state index >= 15 is 0 Å². The van der Waals surface area contributed by atoms with Crippen LogP contribution < -0.4 is 19.9 Å². The van der Waals surface area contributed by atoms with Crippen molar-refractivity contribution in [3.8, 4) is 11.5 Å². The smallest absolute Gasteiger partial charge is 0.344 e. The number of rotatable bonds is 7. The maximum Gasteiger partial charge on any atom is 0.344 e. The summed E-state index contributed by atoms with van der Waals surface area (Å²) in [6.07, 6.45) is 1.42. The van der Waals surface area contributed by atoms with Crippen molar-refractivity contribution in [2.24, 2.45) is 0 Å². The Balaban J connectivity index is 1.82. The third-order valence-corrected chi connectivity index (χ3v) is 4.94. The molecule has 3 rings (SSSR count). The van der Waals surface area contributed by atoms with Gasteiger partial charge in [-0.3, -0.25) is 15.0 Å². The zero-order chi connectivity index (χ0) is 22.5. The molecule has 0 aliphatic carbocycles. The van der Waals surface area contributed by atoms with Gasteiger partial charge < -0.3 is 14.2 Å². The molecule has 0 atom stereocenters. The normalized spacial score (nSPS) is 14.6. The van der Waals surface area contributed by atoms with Crippen molar-refractivity contribution in [3.05, 3.63) is 57.6 Å². The summed E-state index contributed by atoms with van der Waals surface area (Å²) in [6, 6.07) is 9.34. The molecule has 1 heterocycles. The SMILES string of the molecule is CCOC(=O)COc1ccc(/C=C2\C(=O)NN(c3ccc(Cl)c(Cl)c3)C2=O)cc1OC. The van der Waals surface area contributed by atoms with Crippen molar-refractivity contribution in [2.45, 2.75) is 6.92 Å². The number of carbonyl (C=O) groups excluding carboxylic acids is 3. The molecule has 0 bridgehead atoms. The molecule has 1 saturated heterocycles. The molecule has 162 valence electrons. The molecule has 1 aliphatic rings. The van der Waals surface area contributed by atoms with E-state index < -0.39 is 17.8 Å². The zero-order valence-electron chi connectivity index (χ0n) is 16.6. The number of halogens is 2. The van der Waals surface area contributed by atoms with Crippen molar-refractivity contribution >= 4 is 52.7 Å². The van der Waals surface area contributed by atoms with Crippen LogP contribution in [0.1, 0.15) is 12.5 Å². The highest BCUT2D eigenvalue weighted by Crippen LogP contribution is 2.31. The second-order valence-corrected chi connectivity index (χ2v) is 7.06. The van der Waals surface area contributed by atoms with E-state index in [1.54, 1.807) is 31.2 Å². The van der Waals surface area contributed by atoms with Crippen LogP contribution in [-0.2, 0) is 19.1 Å². The van der Waals surface area contributed by atoms with Crippen molar-refractivity contribution in [1.82, 2.24) is 5.43 Å². The quantitative estimate of drug-likeness (QED) is 0.383. The van der Waals surface area contributed by atoms with Gasteiger partial charge in [0.1, 0.15) is 5.57 Å². The summed E-state index contributed by atoms with van der Waals surface area (Å²) in [7, 11) is 1.43. The van der Waals surface area contributed by atoms with E-state index in [-0.39, 0.29) is 23.8 Å². The van der Waals surface area contributed by atoms with Gasteiger partial charge in [-0.2, -0.15) is 0 Å². The Morgan fingerprint density at radius 2 is 1.87 bits per heavy atom. The molecule has 0 saturated carbocycles. The molecule has 0 radical (unpaired) electrons. The van der Waals surface area contributed by atoms with Crippen LogP contribution in [0.3, 0.4) is 0 Å². The van der Waals surface area contributed by atoms with Gasteiger partial charge in [0.05, 0.1) is 29.4 Å². The predicted molar refractivity (Wildman–Crippen MR) is 115 cm³/mol. The van der Waals surface area contributed by atoms with Crippen molar-refractivity contribution in [1.29, 1.82) is 0 Å². The molecule has 0 unspecified atom stereocenters. The van der Waals surface area contributed by atoms with E-state index in [1.165, 1.54) is 25.3 Å². The van der Waals surface area contributed by atoms with Gasteiger partial charge in [0.2, 0.25) is 0 Å². The molecular formula is C21H18Cl2N2O6. The number of anilines is 1. The fraction of sp³-hybridized carbons (Fsp3) is 0.190. The maximum atomic E-state index is 12.8. The minimum atomic E-state index is -0.572. The van der Waals surface area contributed by atoms with Gasteiger partial charge >= 0.3 is 5.97 Å². The number of methoxy groups -OCH3 is 1. The maximum absolute atomic E-state index is 12.8. The molecule has 8 nitrogen and oxygen atoms in total. The molecule has 1 N–H and O–H groups in total. The monoisotopic (exact) mass is 464 g/mol. The second kappa shape index (κ2) is 9.72.